The molecule has 0 spiro atoms. The van der Waals surface area contributed by atoms with Crippen LogP contribution in [-0.4, -0.2) is 20.4 Å². The van der Waals surface area contributed by atoms with E-state index in [-0.39, 0.29) is 22.8 Å². The van der Waals surface area contributed by atoms with E-state index in [1.165, 1.54) is 6.07 Å². The Morgan fingerprint density at radius 3 is 2.76 bits per heavy atom. The zero-order valence-corrected chi connectivity index (χ0v) is 9.34. The fraction of sp³-hybridized carbons (Fsp3) is 0.333. The van der Waals surface area contributed by atoms with Crippen LogP contribution in [0.25, 0.3) is 11.5 Å². The van der Waals surface area contributed by atoms with Gasteiger partial charge in [0.2, 0.25) is 0 Å². The molecule has 88 valence electrons. The molecule has 1 aliphatic carbocycles. The van der Waals surface area contributed by atoms with Crippen molar-refractivity contribution in [2.75, 3.05) is 0 Å². The Morgan fingerprint density at radius 2 is 2.06 bits per heavy atom. The van der Waals surface area contributed by atoms with Crippen molar-refractivity contribution in [1.82, 2.24) is 10.1 Å². The number of phenols is 2. The SMILES string of the molecule is CC1(c2noc(-c3cccc(O)c3O)n2)CC1. The quantitative estimate of drug-likeness (QED) is 0.776. The second-order valence-corrected chi connectivity index (χ2v) is 4.66. The van der Waals surface area contributed by atoms with Crippen molar-refractivity contribution in [1.29, 1.82) is 0 Å². The highest BCUT2D eigenvalue weighted by Gasteiger charge is 2.43. The van der Waals surface area contributed by atoms with Gasteiger partial charge in [0.05, 0.1) is 5.56 Å². The van der Waals surface area contributed by atoms with Crippen LogP contribution in [0, 0.1) is 0 Å². The molecule has 5 heteroatoms. The van der Waals surface area contributed by atoms with Gasteiger partial charge >= 0.3 is 0 Å². The summed E-state index contributed by atoms with van der Waals surface area (Å²) in [7, 11) is 0. The maximum Gasteiger partial charge on any atom is 0.261 e. The highest BCUT2D eigenvalue weighted by Crippen LogP contribution is 2.46. The molecule has 0 aliphatic heterocycles. The third-order valence-electron chi connectivity index (χ3n) is 3.21. The Kier molecular flexibility index (Phi) is 1.92. The number of aromatic nitrogens is 2. The molecule has 1 fully saturated rings. The van der Waals surface area contributed by atoms with Crippen LogP contribution in [0.3, 0.4) is 0 Å². The number of hydrogen-bond acceptors (Lipinski definition) is 5. The lowest BCUT2D eigenvalue weighted by atomic mass is 10.1. The van der Waals surface area contributed by atoms with Crippen LogP contribution in [0.2, 0.25) is 0 Å². The first-order valence-electron chi connectivity index (χ1n) is 5.46. The highest BCUT2D eigenvalue weighted by atomic mass is 16.5. The van der Waals surface area contributed by atoms with Gasteiger partial charge in [-0.25, -0.2) is 0 Å². The molecule has 0 bridgehead atoms. The largest absolute Gasteiger partial charge is 0.504 e. The van der Waals surface area contributed by atoms with Gasteiger partial charge in [0.1, 0.15) is 0 Å². The Hall–Kier alpha value is -2.04. The number of hydrogen-bond donors (Lipinski definition) is 2. The number of rotatable bonds is 2. The molecule has 1 aromatic carbocycles. The zero-order chi connectivity index (χ0) is 12.0. The van der Waals surface area contributed by atoms with Gasteiger partial charge in [-0.3, -0.25) is 0 Å². The molecule has 2 aromatic rings. The summed E-state index contributed by atoms with van der Waals surface area (Å²) in [5.41, 5.74) is 0.377. The first kappa shape index (κ1) is 10.1. The fourth-order valence-electron chi connectivity index (χ4n) is 1.69. The molecule has 1 aliphatic rings. The van der Waals surface area contributed by atoms with Crippen LogP contribution < -0.4 is 0 Å². The van der Waals surface area contributed by atoms with Crippen molar-refractivity contribution in [2.24, 2.45) is 0 Å². The molecule has 17 heavy (non-hydrogen) atoms. The first-order valence-corrected chi connectivity index (χ1v) is 5.46. The van der Waals surface area contributed by atoms with Crippen LogP contribution in [0.4, 0.5) is 0 Å². The number of phenolic OH excluding ortho intramolecular Hbond substituents is 2. The maximum atomic E-state index is 9.70. The normalized spacial score (nSPS) is 17.0. The summed E-state index contributed by atoms with van der Waals surface area (Å²) < 4.78 is 5.12. The highest BCUT2D eigenvalue weighted by molar-refractivity contribution is 5.66. The minimum absolute atomic E-state index is 0.0220. The molecule has 0 atom stereocenters. The fourth-order valence-corrected chi connectivity index (χ4v) is 1.69. The van der Waals surface area contributed by atoms with E-state index in [0.29, 0.717) is 11.4 Å². The van der Waals surface area contributed by atoms with Gasteiger partial charge in [0.25, 0.3) is 5.89 Å². The Labute approximate surface area is 97.7 Å². The minimum atomic E-state index is -0.233. The van der Waals surface area contributed by atoms with Crippen molar-refractivity contribution >= 4 is 0 Å². The molecule has 1 saturated carbocycles. The van der Waals surface area contributed by atoms with E-state index < -0.39 is 0 Å². The summed E-state index contributed by atoms with van der Waals surface area (Å²) in [6.07, 6.45) is 2.11. The van der Waals surface area contributed by atoms with Gasteiger partial charge in [0.15, 0.2) is 17.3 Å². The molecular formula is C12H12N2O3. The molecule has 1 heterocycles. The standard InChI is InChI=1S/C12H12N2O3/c1-12(5-6-12)11-13-10(17-14-11)7-3-2-4-8(15)9(7)16/h2-4,15-16H,5-6H2,1H3. The molecule has 5 nitrogen and oxygen atoms in total. The predicted octanol–water partition coefficient (Wildman–Crippen LogP) is 2.20. The van der Waals surface area contributed by atoms with E-state index in [4.69, 9.17) is 4.52 Å². The van der Waals surface area contributed by atoms with E-state index in [9.17, 15) is 10.2 Å². The summed E-state index contributed by atoms with van der Waals surface area (Å²) in [5.74, 6) is 0.473. The average Bonchev–Trinajstić information content (AvgIpc) is 2.88. The van der Waals surface area contributed by atoms with E-state index in [1.807, 2.05) is 0 Å². The van der Waals surface area contributed by atoms with Crippen molar-refractivity contribution in [3.05, 3.63) is 24.0 Å². The second-order valence-electron chi connectivity index (χ2n) is 4.66. The van der Waals surface area contributed by atoms with Crippen LogP contribution in [-0.2, 0) is 5.41 Å². The Morgan fingerprint density at radius 1 is 1.29 bits per heavy atom. The number of nitrogens with zero attached hydrogens (tertiary/aromatic N) is 2. The molecule has 0 radical (unpaired) electrons. The third kappa shape index (κ3) is 1.54. The lowest BCUT2D eigenvalue weighted by Gasteiger charge is -2.01. The number of aromatic hydroxyl groups is 2. The van der Waals surface area contributed by atoms with Crippen molar-refractivity contribution in [3.63, 3.8) is 0 Å². The smallest absolute Gasteiger partial charge is 0.261 e. The van der Waals surface area contributed by atoms with Gasteiger partial charge in [-0.2, -0.15) is 4.98 Å². The van der Waals surface area contributed by atoms with Crippen molar-refractivity contribution < 1.29 is 14.7 Å². The topological polar surface area (TPSA) is 79.4 Å². The first-order chi connectivity index (χ1) is 8.10. The average molecular weight is 232 g/mol. The van der Waals surface area contributed by atoms with E-state index in [0.717, 1.165) is 12.8 Å². The van der Waals surface area contributed by atoms with Crippen LogP contribution in [0.15, 0.2) is 22.7 Å². The molecule has 0 saturated heterocycles. The van der Waals surface area contributed by atoms with Gasteiger partial charge in [0, 0.05) is 5.41 Å². The van der Waals surface area contributed by atoms with Gasteiger partial charge in [-0.05, 0) is 25.0 Å². The Balaban J connectivity index is 2.04. The van der Waals surface area contributed by atoms with Crippen molar-refractivity contribution in [3.8, 4) is 23.0 Å². The molecule has 0 unspecified atom stereocenters. The summed E-state index contributed by atoms with van der Waals surface area (Å²) in [6, 6.07) is 4.65. The third-order valence-corrected chi connectivity index (χ3v) is 3.21. The molecule has 3 rings (SSSR count). The number of benzene rings is 1. The minimum Gasteiger partial charge on any atom is -0.504 e. The monoisotopic (exact) mass is 232 g/mol. The summed E-state index contributed by atoms with van der Waals surface area (Å²) >= 11 is 0. The summed E-state index contributed by atoms with van der Waals surface area (Å²) in [5, 5.41) is 23.0. The predicted molar refractivity (Wildman–Crippen MR) is 59.6 cm³/mol. The zero-order valence-electron chi connectivity index (χ0n) is 9.34. The molecule has 2 N–H and O–H groups in total. The van der Waals surface area contributed by atoms with Crippen LogP contribution in [0.1, 0.15) is 25.6 Å². The molecule has 1 aromatic heterocycles. The van der Waals surface area contributed by atoms with Crippen LogP contribution >= 0.6 is 0 Å². The molecular weight excluding hydrogens is 220 g/mol. The van der Waals surface area contributed by atoms with Gasteiger partial charge in [-0.15, -0.1) is 0 Å². The van der Waals surface area contributed by atoms with Crippen LogP contribution in [0.5, 0.6) is 11.5 Å². The Bertz CT molecular complexity index is 573. The van der Waals surface area contributed by atoms with Gasteiger partial charge in [-0.1, -0.05) is 18.1 Å². The second kappa shape index (κ2) is 3.23. The summed E-state index contributed by atoms with van der Waals surface area (Å²) in [4.78, 5) is 4.27. The summed E-state index contributed by atoms with van der Waals surface area (Å²) in [6.45, 7) is 2.07. The maximum absolute atomic E-state index is 9.70. The lowest BCUT2D eigenvalue weighted by molar-refractivity contribution is 0.394. The van der Waals surface area contributed by atoms with Gasteiger partial charge < -0.3 is 14.7 Å². The van der Waals surface area contributed by atoms with E-state index in [2.05, 4.69) is 17.1 Å². The van der Waals surface area contributed by atoms with E-state index in [1.54, 1.807) is 12.1 Å². The molecule has 0 amide bonds. The van der Waals surface area contributed by atoms with Crippen molar-refractivity contribution in [2.45, 2.75) is 25.2 Å². The lowest BCUT2D eigenvalue weighted by Crippen LogP contribution is -2.01. The number of para-hydroxylation sites is 1. The van der Waals surface area contributed by atoms with E-state index >= 15 is 0 Å².